The summed E-state index contributed by atoms with van der Waals surface area (Å²) in [5.41, 5.74) is 1.61. The van der Waals surface area contributed by atoms with Crippen LogP contribution in [0.4, 0.5) is 11.4 Å². The molecule has 1 spiro atoms. The van der Waals surface area contributed by atoms with E-state index in [1.165, 1.54) is 122 Å². The number of nitro benzene ring substituents is 1. The molecule has 0 radical (unpaired) electrons. The molecule has 1 atom stereocenters. The molecule has 7 heteroatoms. The minimum absolute atomic E-state index is 0.124. The lowest BCUT2D eigenvalue weighted by atomic mass is 9.76. The largest absolute Gasteiger partial charge is 0.490 e. The zero-order valence-corrected chi connectivity index (χ0v) is 28.5. The van der Waals surface area contributed by atoms with Gasteiger partial charge in [0.05, 0.1) is 30.1 Å². The molecule has 2 aromatic carbocycles. The fourth-order valence-electron chi connectivity index (χ4n) is 7.32. The second-order valence-electron chi connectivity index (χ2n) is 13.4. The average molecular weight is 621 g/mol. The number of hydrogen-bond donors (Lipinski definition) is 0. The minimum Gasteiger partial charge on any atom is -0.490 e. The third kappa shape index (κ3) is 7.61. The fourth-order valence-corrected chi connectivity index (χ4v) is 7.32. The van der Waals surface area contributed by atoms with Gasteiger partial charge in [0, 0.05) is 18.3 Å². The standard InChI is InChI=1S/C38H56N2O5/c1-6-7-8-9-10-11-12-13-14-15-16-17-18-19-20-23-28-39-32-25-22-21-24-31(32)37(2,3)38(39)27-26-30-33(45-38)29-34(43-4)35(40(41)42)36(30)44-5/h21-22,24-27,29H,6-20,23,28H2,1-5H3. The van der Waals surface area contributed by atoms with Crippen molar-refractivity contribution in [3.63, 3.8) is 0 Å². The van der Waals surface area contributed by atoms with Crippen molar-refractivity contribution in [1.29, 1.82) is 0 Å². The first kappa shape index (κ1) is 34.6. The SMILES string of the molecule is CCCCCCCCCCCCCCCCCCN1c2ccccc2C(C)(C)C12C=Cc1c(cc(OC)c([N+](=O)[O-])c1OC)O2. The van der Waals surface area contributed by atoms with Gasteiger partial charge in [-0.2, -0.15) is 0 Å². The van der Waals surface area contributed by atoms with Gasteiger partial charge in [0.2, 0.25) is 17.2 Å². The topological polar surface area (TPSA) is 74.1 Å². The zero-order valence-electron chi connectivity index (χ0n) is 28.5. The number of anilines is 1. The lowest BCUT2D eigenvalue weighted by Crippen LogP contribution is -2.59. The summed E-state index contributed by atoms with van der Waals surface area (Å²) in [6.45, 7) is 7.58. The van der Waals surface area contributed by atoms with E-state index in [0.717, 1.165) is 13.0 Å². The summed E-state index contributed by atoms with van der Waals surface area (Å²) < 4.78 is 17.9. The Bertz CT molecular complexity index is 1290. The average Bonchev–Trinajstić information content (AvgIpc) is 3.21. The predicted molar refractivity (Wildman–Crippen MR) is 185 cm³/mol. The van der Waals surface area contributed by atoms with Gasteiger partial charge in [-0.25, -0.2) is 0 Å². The monoisotopic (exact) mass is 620 g/mol. The summed E-state index contributed by atoms with van der Waals surface area (Å²) in [4.78, 5) is 13.8. The van der Waals surface area contributed by atoms with E-state index in [2.05, 4.69) is 56.0 Å². The number of para-hydroxylation sites is 1. The first-order chi connectivity index (χ1) is 21.8. The molecule has 45 heavy (non-hydrogen) atoms. The molecule has 2 aliphatic heterocycles. The minimum atomic E-state index is -0.786. The Morgan fingerprint density at radius 3 is 1.91 bits per heavy atom. The number of ether oxygens (including phenoxy) is 3. The van der Waals surface area contributed by atoms with Crippen LogP contribution in [0.3, 0.4) is 0 Å². The van der Waals surface area contributed by atoms with E-state index < -0.39 is 10.6 Å². The number of rotatable bonds is 20. The van der Waals surface area contributed by atoms with Crippen molar-refractivity contribution in [3.8, 4) is 17.2 Å². The molecule has 0 N–H and O–H groups in total. The van der Waals surface area contributed by atoms with Crippen molar-refractivity contribution in [2.45, 2.75) is 135 Å². The molecule has 2 heterocycles. The molecule has 0 aliphatic carbocycles. The highest BCUT2D eigenvalue weighted by Gasteiger charge is 2.59. The second kappa shape index (κ2) is 16.4. The van der Waals surface area contributed by atoms with Gasteiger partial charge >= 0.3 is 5.69 Å². The molecule has 7 nitrogen and oxygen atoms in total. The lowest BCUT2D eigenvalue weighted by Gasteiger charge is -2.47. The quantitative estimate of drug-likeness (QED) is 0.0833. The van der Waals surface area contributed by atoms with Crippen molar-refractivity contribution in [2.24, 2.45) is 0 Å². The molecule has 4 rings (SSSR count). The number of fused-ring (bicyclic) bond motifs is 2. The molecule has 248 valence electrons. The van der Waals surface area contributed by atoms with Gasteiger partial charge in [-0.05, 0) is 44.1 Å². The van der Waals surface area contributed by atoms with Gasteiger partial charge in [0.25, 0.3) is 0 Å². The Morgan fingerprint density at radius 1 is 0.822 bits per heavy atom. The molecule has 1 unspecified atom stereocenters. The Morgan fingerprint density at radius 2 is 1.38 bits per heavy atom. The summed E-state index contributed by atoms with van der Waals surface area (Å²) in [6.07, 6.45) is 25.5. The van der Waals surface area contributed by atoms with Crippen molar-refractivity contribution in [3.05, 3.63) is 57.6 Å². The highest BCUT2D eigenvalue weighted by atomic mass is 16.6. The Kier molecular flexibility index (Phi) is 12.6. The van der Waals surface area contributed by atoms with Crippen molar-refractivity contribution in [2.75, 3.05) is 25.7 Å². The number of hydrogen-bond acceptors (Lipinski definition) is 6. The van der Waals surface area contributed by atoms with Crippen LogP contribution < -0.4 is 19.1 Å². The van der Waals surface area contributed by atoms with Gasteiger partial charge in [0.15, 0.2) is 0 Å². The molecule has 0 saturated carbocycles. The second-order valence-corrected chi connectivity index (χ2v) is 13.4. The maximum absolute atomic E-state index is 11.9. The highest BCUT2D eigenvalue weighted by Crippen LogP contribution is 2.57. The van der Waals surface area contributed by atoms with Crippen LogP contribution in [0, 0.1) is 10.1 Å². The maximum atomic E-state index is 11.9. The maximum Gasteiger partial charge on any atom is 0.353 e. The lowest BCUT2D eigenvalue weighted by molar-refractivity contribution is -0.386. The third-order valence-electron chi connectivity index (χ3n) is 9.97. The van der Waals surface area contributed by atoms with Crippen LogP contribution in [-0.4, -0.2) is 31.4 Å². The Balaban J connectivity index is 1.32. The molecule has 2 aromatic rings. The molecule has 0 amide bonds. The molecule has 0 fully saturated rings. The fraction of sp³-hybridized carbons (Fsp3) is 0.632. The smallest absolute Gasteiger partial charge is 0.353 e. The molecular weight excluding hydrogens is 564 g/mol. The summed E-state index contributed by atoms with van der Waals surface area (Å²) in [5.74, 6) is 0.798. The van der Waals surface area contributed by atoms with Crippen LogP contribution in [0.2, 0.25) is 0 Å². The van der Waals surface area contributed by atoms with E-state index in [9.17, 15) is 10.1 Å². The van der Waals surface area contributed by atoms with E-state index in [1.54, 1.807) is 6.07 Å². The zero-order chi connectivity index (χ0) is 32.3. The Labute approximate surface area is 271 Å². The normalized spacial score (nSPS) is 17.7. The van der Waals surface area contributed by atoms with E-state index in [-0.39, 0.29) is 22.6 Å². The van der Waals surface area contributed by atoms with Crippen LogP contribution in [-0.2, 0) is 5.41 Å². The van der Waals surface area contributed by atoms with E-state index in [1.807, 2.05) is 6.08 Å². The van der Waals surface area contributed by atoms with Crippen LogP contribution >= 0.6 is 0 Å². The van der Waals surface area contributed by atoms with Crippen molar-refractivity contribution in [1.82, 2.24) is 0 Å². The highest BCUT2D eigenvalue weighted by molar-refractivity contribution is 5.79. The van der Waals surface area contributed by atoms with E-state index >= 15 is 0 Å². The molecule has 0 bridgehead atoms. The van der Waals surface area contributed by atoms with Gasteiger partial charge < -0.3 is 19.1 Å². The first-order valence-electron chi connectivity index (χ1n) is 17.5. The number of benzene rings is 2. The molecular formula is C38H56N2O5. The van der Waals surface area contributed by atoms with E-state index in [4.69, 9.17) is 14.2 Å². The molecule has 0 saturated heterocycles. The predicted octanol–water partition coefficient (Wildman–Crippen LogP) is 10.8. The van der Waals surface area contributed by atoms with Crippen molar-refractivity contribution < 1.29 is 19.1 Å². The Hall–Kier alpha value is -3.22. The van der Waals surface area contributed by atoms with Gasteiger partial charge in [-0.3, -0.25) is 10.1 Å². The third-order valence-corrected chi connectivity index (χ3v) is 9.97. The van der Waals surface area contributed by atoms with Crippen LogP contribution in [0.1, 0.15) is 135 Å². The van der Waals surface area contributed by atoms with Gasteiger partial charge in [-0.15, -0.1) is 0 Å². The van der Waals surface area contributed by atoms with Crippen LogP contribution in [0.15, 0.2) is 36.4 Å². The first-order valence-corrected chi connectivity index (χ1v) is 17.5. The van der Waals surface area contributed by atoms with E-state index in [0.29, 0.717) is 11.3 Å². The van der Waals surface area contributed by atoms with Crippen LogP contribution in [0.5, 0.6) is 17.2 Å². The number of methoxy groups -OCH3 is 2. The van der Waals surface area contributed by atoms with Gasteiger partial charge in [-0.1, -0.05) is 121 Å². The molecule has 2 aliphatic rings. The number of unbranched alkanes of at least 4 members (excludes halogenated alkanes) is 15. The summed E-state index contributed by atoms with van der Waals surface area (Å²) >= 11 is 0. The van der Waals surface area contributed by atoms with Crippen LogP contribution in [0.25, 0.3) is 6.08 Å². The molecule has 0 aromatic heterocycles. The summed E-state index contributed by atoms with van der Waals surface area (Å²) in [5, 5.41) is 11.9. The van der Waals surface area contributed by atoms with Crippen molar-refractivity contribution >= 4 is 17.5 Å². The summed E-state index contributed by atoms with van der Waals surface area (Å²) in [7, 11) is 2.88. The number of nitro groups is 1. The van der Waals surface area contributed by atoms with Gasteiger partial charge in [0.1, 0.15) is 5.75 Å². The number of nitrogens with zero attached hydrogens (tertiary/aromatic N) is 2. The summed E-state index contributed by atoms with van der Waals surface area (Å²) in [6, 6.07) is 10.2.